The molecule has 0 amide bonds. The van der Waals surface area contributed by atoms with Crippen molar-refractivity contribution in [3.05, 3.63) is 58.0 Å². The molecule has 0 saturated carbocycles. The molecule has 1 aromatic carbocycles. The van der Waals surface area contributed by atoms with Gasteiger partial charge < -0.3 is 10.8 Å². The lowest BCUT2D eigenvalue weighted by Crippen LogP contribution is -2.13. The zero-order valence-corrected chi connectivity index (χ0v) is 11.1. The SMILES string of the molecule is Nc1ncc(Cl)cc1C(O)c1cccc(C(F)(F)F)c1F. The summed E-state index contributed by atoms with van der Waals surface area (Å²) in [6.07, 6.45) is -5.37. The molecule has 0 radical (unpaired) electrons. The average Bonchev–Trinajstić information content (AvgIpc) is 2.39. The third-order valence-electron chi connectivity index (χ3n) is 2.84. The van der Waals surface area contributed by atoms with E-state index in [0.29, 0.717) is 6.07 Å². The predicted molar refractivity (Wildman–Crippen MR) is 69.1 cm³/mol. The molecule has 0 bridgehead atoms. The van der Waals surface area contributed by atoms with Crippen molar-refractivity contribution in [2.45, 2.75) is 12.3 Å². The molecule has 0 aliphatic heterocycles. The molecule has 3 nitrogen and oxygen atoms in total. The average molecular weight is 321 g/mol. The van der Waals surface area contributed by atoms with E-state index >= 15 is 0 Å². The zero-order chi connectivity index (χ0) is 15.8. The van der Waals surface area contributed by atoms with Crippen LogP contribution in [-0.4, -0.2) is 10.1 Å². The van der Waals surface area contributed by atoms with E-state index in [1.165, 1.54) is 12.3 Å². The van der Waals surface area contributed by atoms with Gasteiger partial charge in [0.15, 0.2) is 0 Å². The number of hydrogen-bond donors (Lipinski definition) is 2. The first-order valence-electron chi connectivity index (χ1n) is 5.66. The number of pyridine rings is 1. The van der Waals surface area contributed by atoms with Crippen LogP contribution >= 0.6 is 11.6 Å². The van der Waals surface area contributed by atoms with Gasteiger partial charge in [0, 0.05) is 17.3 Å². The minimum Gasteiger partial charge on any atom is -0.383 e. The van der Waals surface area contributed by atoms with Gasteiger partial charge in [-0.3, -0.25) is 0 Å². The fourth-order valence-corrected chi connectivity index (χ4v) is 2.00. The molecular formula is C13H9ClF4N2O. The van der Waals surface area contributed by atoms with Crippen LogP contribution in [-0.2, 0) is 6.18 Å². The summed E-state index contributed by atoms with van der Waals surface area (Å²) in [5.41, 5.74) is 3.44. The van der Waals surface area contributed by atoms with Gasteiger partial charge in [0.2, 0.25) is 0 Å². The van der Waals surface area contributed by atoms with E-state index < -0.39 is 29.2 Å². The minimum absolute atomic E-state index is 0.0688. The molecule has 1 aromatic heterocycles. The van der Waals surface area contributed by atoms with Gasteiger partial charge in [0.05, 0.1) is 10.6 Å². The van der Waals surface area contributed by atoms with E-state index in [0.717, 1.165) is 12.1 Å². The lowest BCUT2D eigenvalue weighted by atomic mass is 9.99. The number of hydrogen-bond acceptors (Lipinski definition) is 3. The Morgan fingerprint density at radius 2 is 1.90 bits per heavy atom. The van der Waals surface area contributed by atoms with E-state index in [4.69, 9.17) is 17.3 Å². The highest BCUT2D eigenvalue weighted by Crippen LogP contribution is 2.36. The highest BCUT2D eigenvalue weighted by atomic mass is 35.5. The Morgan fingerprint density at radius 3 is 2.52 bits per heavy atom. The van der Waals surface area contributed by atoms with Gasteiger partial charge in [-0.15, -0.1) is 0 Å². The summed E-state index contributed by atoms with van der Waals surface area (Å²) < 4.78 is 51.9. The molecule has 0 spiro atoms. The van der Waals surface area contributed by atoms with E-state index in [2.05, 4.69) is 4.98 Å². The first kappa shape index (κ1) is 15.5. The molecule has 2 aromatic rings. The summed E-state index contributed by atoms with van der Waals surface area (Å²) in [7, 11) is 0. The monoisotopic (exact) mass is 320 g/mol. The number of aromatic nitrogens is 1. The van der Waals surface area contributed by atoms with Gasteiger partial charge in [-0.2, -0.15) is 13.2 Å². The van der Waals surface area contributed by atoms with Crippen LogP contribution < -0.4 is 5.73 Å². The van der Waals surface area contributed by atoms with Gasteiger partial charge in [-0.1, -0.05) is 23.7 Å². The molecule has 1 atom stereocenters. The van der Waals surface area contributed by atoms with Crippen LogP contribution in [0.15, 0.2) is 30.5 Å². The largest absolute Gasteiger partial charge is 0.419 e. The standard InChI is InChI=1S/C13H9ClF4N2O/c14-6-4-8(12(19)20-5-6)11(21)7-2-1-3-9(10(7)15)13(16,17)18/h1-5,11,21H,(H2,19,20). The second kappa shape index (κ2) is 5.50. The number of nitrogens with zero attached hydrogens (tertiary/aromatic N) is 1. The second-order valence-corrected chi connectivity index (χ2v) is 4.67. The topological polar surface area (TPSA) is 59.1 Å². The van der Waals surface area contributed by atoms with Crippen LogP contribution in [0.2, 0.25) is 5.02 Å². The molecule has 8 heteroatoms. The first-order valence-corrected chi connectivity index (χ1v) is 6.04. The molecule has 1 unspecified atom stereocenters. The summed E-state index contributed by atoms with van der Waals surface area (Å²) in [4.78, 5) is 3.67. The minimum atomic E-state index is -4.86. The van der Waals surface area contributed by atoms with Crippen molar-refractivity contribution in [2.75, 3.05) is 5.73 Å². The summed E-state index contributed by atoms with van der Waals surface area (Å²) in [5, 5.41) is 10.2. The van der Waals surface area contributed by atoms with E-state index in [9.17, 15) is 22.7 Å². The van der Waals surface area contributed by atoms with Crippen molar-refractivity contribution in [1.29, 1.82) is 0 Å². The molecule has 112 valence electrons. The van der Waals surface area contributed by atoms with Crippen molar-refractivity contribution in [1.82, 2.24) is 4.98 Å². The lowest BCUT2D eigenvalue weighted by Gasteiger charge is -2.17. The van der Waals surface area contributed by atoms with Crippen LogP contribution in [0.1, 0.15) is 22.8 Å². The summed E-state index contributed by atoms with van der Waals surface area (Å²) >= 11 is 5.69. The maximum Gasteiger partial charge on any atom is 0.419 e. The fourth-order valence-electron chi connectivity index (χ4n) is 1.83. The molecular weight excluding hydrogens is 312 g/mol. The van der Waals surface area contributed by atoms with Gasteiger partial charge >= 0.3 is 6.18 Å². The van der Waals surface area contributed by atoms with Crippen molar-refractivity contribution >= 4 is 17.4 Å². The second-order valence-electron chi connectivity index (χ2n) is 4.24. The van der Waals surface area contributed by atoms with Crippen LogP contribution in [0.4, 0.5) is 23.4 Å². The summed E-state index contributed by atoms with van der Waals surface area (Å²) in [6.45, 7) is 0. The number of benzene rings is 1. The van der Waals surface area contributed by atoms with Crippen molar-refractivity contribution in [3.8, 4) is 0 Å². The number of rotatable bonds is 2. The zero-order valence-electron chi connectivity index (χ0n) is 10.3. The van der Waals surface area contributed by atoms with Gasteiger partial charge in [0.25, 0.3) is 0 Å². The highest BCUT2D eigenvalue weighted by Gasteiger charge is 2.36. The molecule has 3 N–H and O–H groups in total. The van der Waals surface area contributed by atoms with E-state index in [-0.39, 0.29) is 16.4 Å². The van der Waals surface area contributed by atoms with Crippen LogP contribution in [0.25, 0.3) is 0 Å². The number of halogens is 5. The fraction of sp³-hybridized carbons (Fsp3) is 0.154. The van der Waals surface area contributed by atoms with Gasteiger partial charge in [0.1, 0.15) is 17.7 Å². The molecule has 2 rings (SSSR count). The third-order valence-corrected chi connectivity index (χ3v) is 3.05. The van der Waals surface area contributed by atoms with Crippen LogP contribution in [0.5, 0.6) is 0 Å². The lowest BCUT2D eigenvalue weighted by molar-refractivity contribution is -0.140. The third kappa shape index (κ3) is 3.08. The number of aliphatic hydroxyl groups is 1. The number of alkyl halides is 3. The van der Waals surface area contributed by atoms with E-state index in [1.807, 2.05) is 0 Å². The molecule has 21 heavy (non-hydrogen) atoms. The predicted octanol–water partition coefficient (Wildman–Crippen LogP) is 3.56. The van der Waals surface area contributed by atoms with Crippen molar-refractivity contribution in [2.24, 2.45) is 0 Å². The maximum absolute atomic E-state index is 14.0. The van der Waals surface area contributed by atoms with Crippen LogP contribution in [0, 0.1) is 5.82 Å². The summed E-state index contributed by atoms with van der Waals surface area (Å²) in [5.74, 6) is -1.71. The molecule has 0 fully saturated rings. The molecule has 0 saturated heterocycles. The first-order chi connectivity index (χ1) is 9.71. The Morgan fingerprint density at radius 1 is 1.24 bits per heavy atom. The van der Waals surface area contributed by atoms with Gasteiger partial charge in [-0.05, 0) is 12.1 Å². The Bertz CT molecular complexity index is 676. The number of aliphatic hydroxyl groups excluding tert-OH is 1. The Labute approximate surface area is 122 Å². The number of nitrogens with two attached hydrogens (primary N) is 1. The molecule has 1 heterocycles. The number of anilines is 1. The Balaban J connectivity index is 2.54. The smallest absolute Gasteiger partial charge is 0.383 e. The van der Waals surface area contributed by atoms with Gasteiger partial charge in [-0.25, -0.2) is 9.37 Å². The van der Waals surface area contributed by atoms with E-state index in [1.54, 1.807) is 0 Å². The number of nitrogen functional groups attached to an aromatic ring is 1. The van der Waals surface area contributed by atoms with Crippen molar-refractivity contribution in [3.63, 3.8) is 0 Å². The quantitative estimate of drug-likeness (QED) is 0.832. The van der Waals surface area contributed by atoms with Crippen molar-refractivity contribution < 1.29 is 22.7 Å². The molecule has 0 aliphatic rings. The Hall–Kier alpha value is -1.86. The van der Waals surface area contributed by atoms with Crippen LogP contribution in [0.3, 0.4) is 0 Å². The summed E-state index contributed by atoms with van der Waals surface area (Å²) in [6, 6.07) is 3.84. The normalized spacial score (nSPS) is 13.2. The Kier molecular flexibility index (Phi) is 4.06. The highest BCUT2D eigenvalue weighted by molar-refractivity contribution is 6.30. The molecule has 0 aliphatic carbocycles. The maximum atomic E-state index is 14.0.